The highest BCUT2D eigenvalue weighted by Crippen LogP contribution is 2.40. The summed E-state index contributed by atoms with van der Waals surface area (Å²) >= 11 is 2.92. The van der Waals surface area contributed by atoms with Crippen LogP contribution >= 0.6 is 47.0 Å². The van der Waals surface area contributed by atoms with Gasteiger partial charge in [-0.1, -0.05) is 31.7 Å². The van der Waals surface area contributed by atoms with Gasteiger partial charge < -0.3 is 0 Å². The van der Waals surface area contributed by atoms with Crippen LogP contribution < -0.4 is 0 Å². The lowest BCUT2D eigenvalue weighted by molar-refractivity contribution is 0.401. The summed E-state index contributed by atoms with van der Waals surface area (Å²) in [6.45, 7) is 1.38. The molecule has 194 valence electrons. The first kappa shape index (κ1) is 29.1. The van der Waals surface area contributed by atoms with Crippen molar-refractivity contribution in [1.82, 2.24) is 0 Å². The third kappa shape index (κ3) is 5.84. The molecule has 5 aliphatic rings. The van der Waals surface area contributed by atoms with Crippen LogP contribution in [0.5, 0.6) is 0 Å². The normalized spacial score (nSPS) is 14.6. The zero-order valence-electron chi connectivity index (χ0n) is 18.1. The van der Waals surface area contributed by atoms with Crippen LogP contribution in [0.4, 0.5) is 30.7 Å². The summed E-state index contributed by atoms with van der Waals surface area (Å²) in [5.41, 5.74) is 1.36. The smallest absolute Gasteiger partial charge is 0.176 e. The molecule has 0 saturated heterocycles. The third-order valence-electron chi connectivity index (χ3n) is 5.21. The second-order valence-electron chi connectivity index (χ2n) is 7.58. The van der Waals surface area contributed by atoms with Crippen molar-refractivity contribution in [3.8, 4) is 0 Å². The van der Waals surface area contributed by atoms with E-state index in [1.165, 1.54) is 6.92 Å². The fourth-order valence-corrected chi connectivity index (χ4v) is 7.38. The minimum atomic E-state index is -1.48. The maximum atomic E-state index is 14.9. The lowest BCUT2D eigenvalue weighted by Gasteiger charge is -2.14. The van der Waals surface area contributed by atoms with Crippen LogP contribution in [-0.2, 0) is 11.5 Å². The van der Waals surface area contributed by atoms with Crippen LogP contribution in [0.15, 0.2) is 43.8 Å². The van der Waals surface area contributed by atoms with Gasteiger partial charge in [-0.3, -0.25) is 0 Å². The Balaban J connectivity index is 0.00000361. The highest BCUT2D eigenvalue weighted by atomic mass is 32.2. The minimum absolute atomic E-state index is 0. The molecule has 0 nitrogen and oxygen atoms in total. The molecule has 0 atom stereocenters. The summed E-state index contributed by atoms with van der Waals surface area (Å²) in [4.78, 5) is -2.10. The lowest BCUT2D eigenvalue weighted by Crippen LogP contribution is -2.03. The van der Waals surface area contributed by atoms with E-state index in [9.17, 15) is 30.7 Å². The predicted molar refractivity (Wildman–Crippen MR) is 136 cm³/mol. The van der Waals surface area contributed by atoms with E-state index in [2.05, 4.69) is 0 Å². The number of hydrogen-bond donors (Lipinski definition) is 0. The lowest BCUT2D eigenvalue weighted by atomic mass is 10.2. The van der Waals surface area contributed by atoms with Crippen molar-refractivity contribution in [2.45, 2.75) is 51.9 Å². The van der Waals surface area contributed by atoms with E-state index < -0.39 is 55.4 Å². The molecule has 0 saturated carbocycles. The van der Waals surface area contributed by atoms with Gasteiger partial charge in [0.15, 0.2) is 34.9 Å². The number of rotatable bonds is 0. The average molecular weight is 583 g/mol. The molecule has 8 rings (SSSR count). The quantitative estimate of drug-likeness (QED) is 0.191. The predicted octanol–water partition coefficient (Wildman–Crippen LogP) is 9.78. The van der Waals surface area contributed by atoms with E-state index in [0.717, 1.165) is 29.1 Å². The standard InChI is InChI=1S/C24H17F7S4.CH4/c1-11-14(25)22-16(27)15(26)21(11)34-9-12-3-5-13(6-4-12)10-35-24-19(30)17(28)23(18(29)20(24)31)33-8-2-7-32-22;/h3-6H,2,7-10H2,1H3;1H4. The summed E-state index contributed by atoms with van der Waals surface area (Å²) in [6, 6.07) is 6.68. The molecule has 5 aliphatic heterocycles. The molecule has 5 heterocycles. The number of halogens is 7. The average Bonchev–Trinajstić information content (AvgIpc) is 2.85. The highest BCUT2D eigenvalue weighted by molar-refractivity contribution is 8.00. The van der Waals surface area contributed by atoms with Gasteiger partial charge in [0.2, 0.25) is 0 Å². The molecule has 0 radical (unpaired) electrons. The van der Waals surface area contributed by atoms with Crippen LogP contribution in [0.3, 0.4) is 0 Å². The van der Waals surface area contributed by atoms with Crippen LogP contribution in [0.2, 0.25) is 0 Å². The number of benzene rings is 3. The van der Waals surface area contributed by atoms with Crippen molar-refractivity contribution in [1.29, 1.82) is 0 Å². The Bertz CT molecular complexity index is 1110. The van der Waals surface area contributed by atoms with Gasteiger partial charge in [-0.05, 0) is 36.0 Å². The highest BCUT2D eigenvalue weighted by Gasteiger charge is 2.27. The molecule has 3 aromatic carbocycles. The maximum Gasteiger partial charge on any atom is 0.176 e. The summed E-state index contributed by atoms with van der Waals surface area (Å²) in [6.07, 6.45) is 0.192. The number of thioether (sulfide) groups is 4. The van der Waals surface area contributed by atoms with Crippen molar-refractivity contribution in [2.24, 2.45) is 0 Å². The maximum absolute atomic E-state index is 14.9. The molecule has 0 N–H and O–H groups in total. The van der Waals surface area contributed by atoms with E-state index in [1.54, 1.807) is 24.3 Å². The van der Waals surface area contributed by atoms with E-state index in [1.807, 2.05) is 0 Å². The summed E-state index contributed by atoms with van der Waals surface area (Å²) in [7, 11) is 0. The van der Waals surface area contributed by atoms with Crippen LogP contribution in [0, 0.1) is 47.6 Å². The van der Waals surface area contributed by atoms with Crippen molar-refractivity contribution in [3.05, 3.63) is 81.7 Å². The van der Waals surface area contributed by atoms with Gasteiger partial charge in [0, 0.05) is 17.1 Å². The zero-order chi connectivity index (χ0) is 25.3. The molecular weight excluding hydrogens is 562 g/mol. The Kier molecular flexibility index (Phi) is 10.0. The Morgan fingerprint density at radius 1 is 0.500 bits per heavy atom. The van der Waals surface area contributed by atoms with Crippen molar-refractivity contribution >= 4 is 47.0 Å². The molecule has 0 fully saturated rings. The third-order valence-corrected chi connectivity index (χ3v) is 9.87. The van der Waals surface area contributed by atoms with Crippen molar-refractivity contribution in [2.75, 3.05) is 11.5 Å². The second kappa shape index (κ2) is 12.4. The van der Waals surface area contributed by atoms with Gasteiger partial charge in [-0.25, -0.2) is 30.7 Å². The summed E-state index contributed by atoms with van der Waals surface area (Å²) < 4.78 is 102. The molecule has 3 aromatic rings. The van der Waals surface area contributed by atoms with Gasteiger partial charge in [-0.2, -0.15) is 0 Å². The fraction of sp³-hybridized carbons (Fsp3) is 0.280. The van der Waals surface area contributed by atoms with Crippen LogP contribution in [0.25, 0.3) is 0 Å². The SMILES string of the molecule is C.Cc1c(F)c2c(F)c(F)c1SCc1ccc(cc1)CSc1c(F)c(F)c(c(F)c1F)SCCCS2. The topological polar surface area (TPSA) is 0 Å². The van der Waals surface area contributed by atoms with Gasteiger partial charge in [0.25, 0.3) is 0 Å². The van der Waals surface area contributed by atoms with E-state index in [-0.39, 0.29) is 47.3 Å². The molecule has 6 bridgehead atoms. The molecule has 0 aromatic heterocycles. The monoisotopic (exact) mass is 582 g/mol. The Labute approximate surface area is 222 Å². The van der Waals surface area contributed by atoms with Gasteiger partial charge in [-0.15, -0.1) is 47.0 Å². The van der Waals surface area contributed by atoms with Gasteiger partial charge in [0.05, 0.1) is 19.6 Å². The molecule has 36 heavy (non-hydrogen) atoms. The molecule has 0 spiro atoms. The van der Waals surface area contributed by atoms with E-state index in [0.29, 0.717) is 29.1 Å². The first-order valence-corrected chi connectivity index (χ1v) is 14.3. The Morgan fingerprint density at radius 3 is 1.28 bits per heavy atom. The largest absolute Gasteiger partial charge is 0.205 e. The number of hydrogen-bond acceptors (Lipinski definition) is 4. The van der Waals surface area contributed by atoms with Crippen molar-refractivity contribution in [3.63, 3.8) is 0 Å². The number of fused-ring (bicyclic) bond motifs is 1. The van der Waals surface area contributed by atoms with Crippen LogP contribution in [0.1, 0.15) is 30.5 Å². The minimum Gasteiger partial charge on any atom is -0.205 e. The molecular formula is C25H21F7S4. The molecule has 0 unspecified atom stereocenters. The van der Waals surface area contributed by atoms with Crippen LogP contribution in [-0.4, -0.2) is 11.5 Å². The Morgan fingerprint density at radius 2 is 0.833 bits per heavy atom. The molecule has 0 amide bonds. The zero-order valence-corrected chi connectivity index (χ0v) is 21.4. The van der Waals surface area contributed by atoms with Crippen molar-refractivity contribution < 1.29 is 30.7 Å². The fourth-order valence-electron chi connectivity index (χ4n) is 3.32. The van der Waals surface area contributed by atoms with Gasteiger partial charge >= 0.3 is 0 Å². The molecule has 0 aliphatic carbocycles. The first-order valence-electron chi connectivity index (χ1n) is 10.3. The summed E-state index contributed by atoms with van der Waals surface area (Å²) in [5, 5.41) is 0. The Hall–Kier alpha value is -1.43. The summed E-state index contributed by atoms with van der Waals surface area (Å²) in [5.74, 6) is -8.75. The van der Waals surface area contributed by atoms with E-state index in [4.69, 9.17) is 0 Å². The second-order valence-corrected chi connectivity index (χ2v) is 11.8. The van der Waals surface area contributed by atoms with Gasteiger partial charge in [0.1, 0.15) is 5.82 Å². The molecule has 11 heteroatoms. The first-order chi connectivity index (χ1) is 16.7. The van der Waals surface area contributed by atoms with E-state index >= 15 is 0 Å².